The summed E-state index contributed by atoms with van der Waals surface area (Å²) in [5.74, 6) is 0.601. The number of carboxylic acids is 1. The number of benzene rings is 1. The zero-order chi connectivity index (χ0) is 16.6. The Balaban J connectivity index is 1.77. The van der Waals surface area contributed by atoms with Crippen LogP contribution in [0.2, 0.25) is 5.02 Å². The summed E-state index contributed by atoms with van der Waals surface area (Å²) in [6.45, 7) is 2.94. The van der Waals surface area contributed by atoms with Gasteiger partial charge in [0.2, 0.25) is 0 Å². The molecule has 0 unspecified atom stereocenters. The number of halogens is 1. The summed E-state index contributed by atoms with van der Waals surface area (Å²) < 4.78 is 5.86. The maximum Gasteiger partial charge on any atom is 0.320 e. The van der Waals surface area contributed by atoms with Gasteiger partial charge in [0.15, 0.2) is 0 Å². The predicted octanol–water partition coefficient (Wildman–Crippen LogP) is 2.89. The molecule has 23 heavy (non-hydrogen) atoms. The molecular formula is C17H19ClN2O3. The molecule has 1 aliphatic heterocycles. The van der Waals surface area contributed by atoms with Crippen LogP contribution in [0.5, 0.6) is 0 Å². The molecule has 3 N–H and O–H groups in total. The molecule has 122 valence electrons. The standard InChI is InChI=1S/C17H19ClN2O3/c1-10-2-3-11(6-14(10)18)16-5-4-13(23-16)9-20-8-12(19)7-15(20)17(21)22/h2-6,12,15H,7-9,19H2,1H3,(H,21,22)/t12-,15-/m0/s1. The molecule has 1 aromatic heterocycles. The molecular weight excluding hydrogens is 316 g/mol. The number of nitrogens with two attached hydrogens (primary N) is 1. The van der Waals surface area contributed by atoms with Crippen molar-refractivity contribution >= 4 is 17.6 Å². The van der Waals surface area contributed by atoms with Gasteiger partial charge in [0.05, 0.1) is 6.54 Å². The number of likely N-dealkylation sites (tertiary alicyclic amines) is 1. The van der Waals surface area contributed by atoms with Gasteiger partial charge >= 0.3 is 5.97 Å². The fourth-order valence-corrected chi connectivity index (χ4v) is 3.12. The zero-order valence-corrected chi connectivity index (χ0v) is 13.6. The average molecular weight is 335 g/mol. The van der Waals surface area contributed by atoms with Gasteiger partial charge in [-0.05, 0) is 37.1 Å². The Labute approximate surface area is 139 Å². The molecule has 1 fully saturated rings. The minimum absolute atomic E-state index is 0.110. The molecule has 1 aliphatic rings. The van der Waals surface area contributed by atoms with Gasteiger partial charge in [0, 0.05) is 23.2 Å². The monoisotopic (exact) mass is 334 g/mol. The van der Waals surface area contributed by atoms with Crippen molar-refractivity contribution in [1.29, 1.82) is 0 Å². The van der Waals surface area contributed by atoms with E-state index in [1.165, 1.54) is 0 Å². The van der Waals surface area contributed by atoms with E-state index in [-0.39, 0.29) is 6.04 Å². The number of aliphatic carboxylic acids is 1. The first kappa shape index (κ1) is 16.1. The van der Waals surface area contributed by atoms with Crippen LogP contribution in [0.15, 0.2) is 34.7 Å². The van der Waals surface area contributed by atoms with E-state index >= 15 is 0 Å². The van der Waals surface area contributed by atoms with E-state index in [1.807, 2.05) is 42.2 Å². The highest BCUT2D eigenvalue weighted by molar-refractivity contribution is 6.31. The molecule has 2 heterocycles. The van der Waals surface area contributed by atoms with Crippen LogP contribution >= 0.6 is 11.6 Å². The maximum atomic E-state index is 11.3. The summed E-state index contributed by atoms with van der Waals surface area (Å²) in [5.41, 5.74) is 7.80. The molecule has 0 amide bonds. The molecule has 2 atom stereocenters. The highest BCUT2D eigenvalue weighted by Gasteiger charge is 2.35. The Morgan fingerprint density at radius 3 is 2.91 bits per heavy atom. The van der Waals surface area contributed by atoms with E-state index in [0.717, 1.165) is 22.6 Å². The second kappa shape index (κ2) is 6.35. The van der Waals surface area contributed by atoms with Crippen LogP contribution in [0.3, 0.4) is 0 Å². The van der Waals surface area contributed by atoms with Crippen LogP contribution in [0.4, 0.5) is 0 Å². The van der Waals surface area contributed by atoms with Crippen molar-refractivity contribution in [3.05, 3.63) is 46.7 Å². The van der Waals surface area contributed by atoms with E-state index in [1.54, 1.807) is 0 Å². The van der Waals surface area contributed by atoms with Crippen molar-refractivity contribution in [2.45, 2.75) is 32.0 Å². The smallest absolute Gasteiger partial charge is 0.320 e. The van der Waals surface area contributed by atoms with Gasteiger partial charge in [-0.3, -0.25) is 9.69 Å². The van der Waals surface area contributed by atoms with Crippen molar-refractivity contribution in [3.63, 3.8) is 0 Å². The number of hydrogen-bond acceptors (Lipinski definition) is 4. The van der Waals surface area contributed by atoms with Crippen molar-refractivity contribution in [2.24, 2.45) is 5.73 Å². The minimum Gasteiger partial charge on any atom is -0.480 e. The zero-order valence-electron chi connectivity index (χ0n) is 12.8. The van der Waals surface area contributed by atoms with Gasteiger partial charge in [-0.1, -0.05) is 23.7 Å². The summed E-state index contributed by atoms with van der Waals surface area (Å²) in [5, 5.41) is 9.97. The van der Waals surface area contributed by atoms with Gasteiger partial charge in [-0.25, -0.2) is 0 Å². The third kappa shape index (κ3) is 3.42. The number of rotatable bonds is 4. The molecule has 1 saturated heterocycles. The molecule has 3 rings (SSSR count). The third-order valence-electron chi connectivity index (χ3n) is 4.20. The van der Waals surface area contributed by atoms with E-state index < -0.39 is 12.0 Å². The summed E-state index contributed by atoms with van der Waals surface area (Å²) in [6, 6.07) is 8.85. The lowest BCUT2D eigenvalue weighted by Crippen LogP contribution is -2.35. The maximum absolute atomic E-state index is 11.3. The molecule has 2 aromatic rings. The number of carbonyl (C=O) groups is 1. The fraction of sp³-hybridized carbons (Fsp3) is 0.353. The Bertz CT molecular complexity index is 728. The second-order valence-electron chi connectivity index (χ2n) is 6.01. The van der Waals surface area contributed by atoms with Gasteiger partial charge in [-0.15, -0.1) is 0 Å². The average Bonchev–Trinajstić information content (AvgIpc) is 3.09. The highest BCUT2D eigenvalue weighted by atomic mass is 35.5. The SMILES string of the molecule is Cc1ccc(-c2ccc(CN3C[C@@H](N)C[C@H]3C(=O)O)o2)cc1Cl. The molecule has 0 spiro atoms. The van der Waals surface area contributed by atoms with E-state index in [4.69, 9.17) is 21.8 Å². The molecule has 6 heteroatoms. The van der Waals surface area contributed by atoms with E-state index in [9.17, 15) is 9.90 Å². The van der Waals surface area contributed by atoms with E-state index in [2.05, 4.69) is 0 Å². The first-order valence-electron chi connectivity index (χ1n) is 7.51. The molecule has 0 saturated carbocycles. The topological polar surface area (TPSA) is 79.7 Å². The predicted molar refractivity (Wildman–Crippen MR) is 88.3 cm³/mol. The Hall–Kier alpha value is -1.82. The molecule has 5 nitrogen and oxygen atoms in total. The summed E-state index contributed by atoms with van der Waals surface area (Å²) in [7, 11) is 0. The van der Waals surface area contributed by atoms with Crippen LogP contribution in [0, 0.1) is 6.92 Å². The first-order chi connectivity index (χ1) is 10.9. The van der Waals surface area contributed by atoms with Crippen molar-refractivity contribution < 1.29 is 14.3 Å². The molecule has 0 bridgehead atoms. The minimum atomic E-state index is -0.838. The largest absolute Gasteiger partial charge is 0.480 e. The fourth-order valence-electron chi connectivity index (χ4n) is 2.93. The van der Waals surface area contributed by atoms with Crippen LogP contribution in [-0.4, -0.2) is 34.6 Å². The van der Waals surface area contributed by atoms with Gasteiger partial charge in [-0.2, -0.15) is 0 Å². The lowest BCUT2D eigenvalue weighted by molar-refractivity contribution is -0.142. The number of aryl methyl sites for hydroxylation is 1. The van der Waals surface area contributed by atoms with Crippen LogP contribution in [0.1, 0.15) is 17.7 Å². The lowest BCUT2D eigenvalue weighted by atomic mass is 10.1. The van der Waals surface area contributed by atoms with Crippen molar-refractivity contribution in [2.75, 3.05) is 6.54 Å². The number of nitrogens with zero attached hydrogens (tertiary/aromatic N) is 1. The van der Waals surface area contributed by atoms with Gasteiger partial charge in [0.1, 0.15) is 17.6 Å². The van der Waals surface area contributed by atoms with Crippen LogP contribution in [-0.2, 0) is 11.3 Å². The Kier molecular flexibility index (Phi) is 4.43. The van der Waals surface area contributed by atoms with Crippen LogP contribution < -0.4 is 5.73 Å². The number of furan rings is 1. The summed E-state index contributed by atoms with van der Waals surface area (Å²) in [4.78, 5) is 13.1. The number of carboxylic acid groups (broad SMARTS) is 1. The normalized spacial score (nSPS) is 21.7. The van der Waals surface area contributed by atoms with E-state index in [0.29, 0.717) is 24.5 Å². The van der Waals surface area contributed by atoms with Crippen LogP contribution in [0.25, 0.3) is 11.3 Å². The molecule has 0 radical (unpaired) electrons. The molecule has 1 aromatic carbocycles. The second-order valence-corrected chi connectivity index (χ2v) is 6.42. The molecule has 0 aliphatic carbocycles. The van der Waals surface area contributed by atoms with Crippen molar-refractivity contribution in [1.82, 2.24) is 4.90 Å². The van der Waals surface area contributed by atoms with Gasteiger partial charge < -0.3 is 15.3 Å². The summed E-state index contributed by atoms with van der Waals surface area (Å²) >= 11 is 6.15. The number of hydrogen-bond donors (Lipinski definition) is 2. The van der Waals surface area contributed by atoms with Gasteiger partial charge in [0.25, 0.3) is 0 Å². The first-order valence-corrected chi connectivity index (χ1v) is 7.89. The highest BCUT2D eigenvalue weighted by Crippen LogP contribution is 2.28. The Morgan fingerprint density at radius 2 is 2.22 bits per heavy atom. The summed E-state index contributed by atoms with van der Waals surface area (Å²) in [6.07, 6.45) is 0.469. The quantitative estimate of drug-likeness (QED) is 0.898. The van der Waals surface area contributed by atoms with Crippen molar-refractivity contribution in [3.8, 4) is 11.3 Å². The Morgan fingerprint density at radius 1 is 1.43 bits per heavy atom. The lowest BCUT2D eigenvalue weighted by Gasteiger charge is -2.19. The third-order valence-corrected chi connectivity index (χ3v) is 4.60.